The van der Waals surface area contributed by atoms with Crippen LogP contribution in [0.2, 0.25) is 0 Å². The molecule has 0 unspecified atom stereocenters. The number of hydrogen-bond acceptors (Lipinski definition) is 3. The first-order valence-electron chi connectivity index (χ1n) is 5.89. The van der Waals surface area contributed by atoms with Crippen LogP contribution >= 0.6 is 0 Å². The zero-order valence-corrected chi connectivity index (χ0v) is 10.6. The zero-order valence-electron chi connectivity index (χ0n) is 10.6. The van der Waals surface area contributed by atoms with E-state index in [4.69, 9.17) is 9.84 Å². The van der Waals surface area contributed by atoms with Gasteiger partial charge >= 0.3 is 5.97 Å². The van der Waals surface area contributed by atoms with Crippen molar-refractivity contribution in [2.45, 2.75) is 25.8 Å². The van der Waals surface area contributed by atoms with E-state index in [9.17, 15) is 14.0 Å². The first kappa shape index (κ1) is 14.9. The molecule has 0 bridgehead atoms. The van der Waals surface area contributed by atoms with E-state index in [1.807, 2.05) is 0 Å². The van der Waals surface area contributed by atoms with Crippen molar-refractivity contribution in [1.29, 1.82) is 0 Å². The van der Waals surface area contributed by atoms with Gasteiger partial charge in [-0.25, -0.2) is 4.39 Å². The molecule has 2 N–H and O–H groups in total. The monoisotopic (exact) mass is 269 g/mol. The van der Waals surface area contributed by atoms with Gasteiger partial charge in [-0.2, -0.15) is 0 Å². The maximum atomic E-state index is 12.8. The molecule has 104 valence electrons. The molecule has 0 spiro atoms. The van der Waals surface area contributed by atoms with E-state index in [0.717, 1.165) is 0 Å². The van der Waals surface area contributed by atoms with Gasteiger partial charge in [0.1, 0.15) is 17.6 Å². The van der Waals surface area contributed by atoms with Crippen molar-refractivity contribution >= 4 is 11.9 Å². The molecular weight excluding hydrogens is 253 g/mol. The van der Waals surface area contributed by atoms with E-state index in [1.165, 1.54) is 25.1 Å². The highest BCUT2D eigenvalue weighted by Gasteiger charge is 2.13. The van der Waals surface area contributed by atoms with Crippen LogP contribution in [0.15, 0.2) is 24.3 Å². The SMILES string of the molecule is C[C@H](NC(=O)CCCOc1cccc(F)c1)C(=O)O. The maximum Gasteiger partial charge on any atom is 0.325 e. The lowest BCUT2D eigenvalue weighted by Gasteiger charge is -2.09. The summed E-state index contributed by atoms with van der Waals surface area (Å²) in [4.78, 5) is 21.8. The van der Waals surface area contributed by atoms with Crippen molar-refractivity contribution in [2.24, 2.45) is 0 Å². The van der Waals surface area contributed by atoms with Crippen LogP contribution in [-0.2, 0) is 9.59 Å². The Kier molecular flexibility index (Phi) is 5.78. The van der Waals surface area contributed by atoms with Crippen LogP contribution in [0.1, 0.15) is 19.8 Å². The van der Waals surface area contributed by atoms with Gasteiger partial charge in [0.05, 0.1) is 6.61 Å². The topological polar surface area (TPSA) is 75.6 Å². The fourth-order valence-electron chi connectivity index (χ4n) is 1.35. The van der Waals surface area contributed by atoms with E-state index >= 15 is 0 Å². The molecule has 19 heavy (non-hydrogen) atoms. The molecule has 0 fully saturated rings. The Labute approximate surface area is 110 Å². The number of amides is 1. The number of nitrogens with one attached hydrogen (secondary N) is 1. The third kappa shape index (κ3) is 5.85. The molecule has 1 rings (SSSR count). The Balaban J connectivity index is 2.20. The Morgan fingerprint density at radius 3 is 2.84 bits per heavy atom. The van der Waals surface area contributed by atoms with E-state index in [-0.39, 0.29) is 24.8 Å². The maximum absolute atomic E-state index is 12.8. The number of carboxylic acid groups (broad SMARTS) is 1. The van der Waals surface area contributed by atoms with Crippen molar-refractivity contribution < 1.29 is 23.8 Å². The molecule has 0 aliphatic rings. The van der Waals surface area contributed by atoms with Crippen LogP contribution in [-0.4, -0.2) is 29.6 Å². The lowest BCUT2D eigenvalue weighted by molar-refractivity contribution is -0.141. The van der Waals surface area contributed by atoms with Crippen LogP contribution in [0.4, 0.5) is 4.39 Å². The minimum Gasteiger partial charge on any atom is -0.493 e. The molecular formula is C13H16FNO4. The first-order valence-corrected chi connectivity index (χ1v) is 5.89. The molecule has 0 saturated carbocycles. The normalized spacial score (nSPS) is 11.7. The Bertz CT molecular complexity index is 450. The number of rotatable bonds is 7. The quantitative estimate of drug-likeness (QED) is 0.737. The summed E-state index contributed by atoms with van der Waals surface area (Å²) in [5.74, 6) is -1.41. The number of ether oxygens (including phenoxy) is 1. The van der Waals surface area contributed by atoms with Crippen molar-refractivity contribution in [3.63, 3.8) is 0 Å². The van der Waals surface area contributed by atoms with Crippen LogP contribution < -0.4 is 10.1 Å². The summed E-state index contributed by atoms with van der Waals surface area (Å²) in [6.07, 6.45) is 0.585. The summed E-state index contributed by atoms with van der Waals surface area (Å²) in [6.45, 7) is 1.65. The average molecular weight is 269 g/mol. The minimum absolute atomic E-state index is 0.160. The van der Waals surface area contributed by atoms with Crippen LogP contribution in [0.25, 0.3) is 0 Å². The summed E-state index contributed by atoms with van der Waals surface area (Å²) in [6, 6.07) is 4.82. The number of benzene rings is 1. The third-order valence-electron chi connectivity index (χ3n) is 2.36. The molecule has 1 aromatic carbocycles. The average Bonchev–Trinajstić information content (AvgIpc) is 2.34. The number of aliphatic carboxylic acids is 1. The van der Waals surface area contributed by atoms with Gasteiger partial charge in [0.2, 0.25) is 5.91 Å². The summed E-state index contributed by atoms with van der Waals surface area (Å²) in [5, 5.41) is 10.9. The highest BCUT2D eigenvalue weighted by Crippen LogP contribution is 2.12. The lowest BCUT2D eigenvalue weighted by atomic mass is 10.2. The second-order valence-corrected chi connectivity index (χ2v) is 4.04. The number of hydrogen-bond donors (Lipinski definition) is 2. The number of carboxylic acids is 1. The molecule has 0 heterocycles. The molecule has 5 nitrogen and oxygen atoms in total. The van der Waals surface area contributed by atoms with Gasteiger partial charge in [-0.05, 0) is 25.5 Å². The van der Waals surface area contributed by atoms with Gasteiger partial charge < -0.3 is 15.2 Å². The van der Waals surface area contributed by atoms with Crippen molar-refractivity contribution in [2.75, 3.05) is 6.61 Å². The van der Waals surface area contributed by atoms with E-state index < -0.39 is 12.0 Å². The van der Waals surface area contributed by atoms with Gasteiger partial charge in [-0.3, -0.25) is 9.59 Å². The number of halogens is 1. The van der Waals surface area contributed by atoms with Crippen molar-refractivity contribution in [1.82, 2.24) is 5.32 Å². The minimum atomic E-state index is -1.08. The summed E-state index contributed by atoms with van der Waals surface area (Å²) in [5.41, 5.74) is 0. The molecule has 0 saturated heterocycles. The summed E-state index contributed by atoms with van der Waals surface area (Å²) in [7, 11) is 0. The molecule has 6 heteroatoms. The van der Waals surface area contributed by atoms with Gasteiger partial charge in [0, 0.05) is 12.5 Å². The Hall–Kier alpha value is -2.11. The van der Waals surface area contributed by atoms with Gasteiger partial charge in [0.25, 0.3) is 0 Å². The Morgan fingerprint density at radius 2 is 2.21 bits per heavy atom. The van der Waals surface area contributed by atoms with E-state index in [1.54, 1.807) is 6.07 Å². The largest absolute Gasteiger partial charge is 0.493 e. The molecule has 1 amide bonds. The summed E-state index contributed by atoms with van der Waals surface area (Å²) >= 11 is 0. The van der Waals surface area contributed by atoms with E-state index in [0.29, 0.717) is 12.2 Å². The number of carbonyl (C=O) groups excluding carboxylic acids is 1. The number of carbonyl (C=O) groups is 2. The second kappa shape index (κ2) is 7.35. The zero-order chi connectivity index (χ0) is 14.3. The second-order valence-electron chi connectivity index (χ2n) is 4.04. The molecule has 0 aliphatic heterocycles. The van der Waals surface area contributed by atoms with Crippen molar-refractivity contribution in [3.05, 3.63) is 30.1 Å². The van der Waals surface area contributed by atoms with Crippen LogP contribution in [0.3, 0.4) is 0 Å². The highest BCUT2D eigenvalue weighted by molar-refractivity contribution is 5.83. The molecule has 0 aromatic heterocycles. The van der Waals surface area contributed by atoms with Crippen molar-refractivity contribution in [3.8, 4) is 5.75 Å². The van der Waals surface area contributed by atoms with Gasteiger partial charge in [-0.15, -0.1) is 0 Å². The summed E-state index contributed by atoms with van der Waals surface area (Å²) < 4.78 is 18.1. The van der Waals surface area contributed by atoms with E-state index in [2.05, 4.69) is 5.32 Å². The smallest absolute Gasteiger partial charge is 0.325 e. The van der Waals surface area contributed by atoms with Gasteiger partial charge in [-0.1, -0.05) is 6.07 Å². The molecule has 1 atom stereocenters. The van der Waals surface area contributed by atoms with Crippen LogP contribution in [0.5, 0.6) is 5.75 Å². The Morgan fingerprint density at radius 1 is 1.47 bits per heavy atom. The molecule has 0 aliphatic carbocycles. The molecule has 1 aromatic rings. The predicted octanol–water partition coefficient (Wildman–Crippen LogP) is 1.57. The predicted molar refractivity (Wildman–Crippen MR) is 66.4 cm³/mol. The van der Waals surface area contributed by atoms with Gasteiger partial charge in [0.15, 0.2) is 0 Å². The third-order valence-corrected chi connectivity index (χ3v) is 2.36. The fourth-order valence-corrected chi connectivity index (χ4v) is 1.35. The highest BCUT2D eigenvalue weighted by atomic mass is 19.1. The fraction of sp³-hybridized carbons (Fsp3) is 0.385. The standard InChI is InChI=1S/C13H16FNO4/c1-9(13(17)18)15-12(16)6-3-7-19-11-5-2-4-10(14)8-11/h2,4-5,8-9H,3,6-7H2,1H3,(H,15,16)(H,17,18)/t9-/m0/s1. The van der Waals surface area contributed by atoms with Crippen LogP contribution in [0, 0.1) is 5.82 Å². The molecule has 0 radical (unpaired) electrons. The first-order chi connectivity index (χ1) is 8.99. The lowest BCUT2D eigenvalue weighted by Crippen LogP contribution is -2.38.